The maximum absolute atomic E-state index is 11.8. The SMILES string of the molecule is CCNS(=O)(=O)c1ccc(NC2CCS(=O)(=O)C2)cc1. The molecule has 2 N–H and O–H groups in total. The lowest BCUT2D eigenvalue weighted by molar-refractivity contribution is 0.584. The first-order valence-electron chi connectivity index (χ1n) is 6.39. The van der Waals surface area contributed by atoms with Crippen molar-refractivity contribution in [1.82, 2.24) is 4.72 Å². The van der Waals surface area contributed by atoms with Crippen molar-refractivity contribution in [3.63, 3.8) is 0 Å². The second kappa shape index (κ2) is 5.71. The number of sulfonamides is 1. The molecule has 112 valence electrons. The van der Waals surface area contributed by atoms with Crippen LogP contribution in [0.5, 0.6) is 0 Å². The number of benzene rings is 1. The van der Waals surface area contributed by atoms with Gasteiger partial charge in [0.15, 0.2) is 9.84 Å². The van der Waals surface area contributed by atoms with Gasteiger partial charge < -0.3 is 5.32 Å². The van der Waals surface area contributed by atoms with Crippen LogP contribution in [0.3, 0.4) is 0 Å². The summed E-state index contributed by atoms with van der Waals surface area (Å²) >= 11 is 0. The molecule has 1 saturated heterocycles. The van der Waals surface area contributed by atoms with E-state index < -0.39 is 19.9 Å². The van der Waals surface area contributed by atoms with Gasteiger partial charge in [-0.05, 0) is 30.7 Å². The third kappa shape index (κ3) is 3.71. The Morgan fingerprint density at radius 1 is 1.25 bits per heavy atom. The van der Waals surface area contributed by atoms with Crippen LogP contribution in [0.4, 0.5) is 5.69 Å². The maximum atomic E-state index is 11.8. The summed E-state index contributed by atoms with van der Waals surface area (Å²) in [6, 6.07) is 6.20. The number of nitrogens with one attached hydrogen (secondary N) is 2. The molecule has 0 radical (unpaired) electrons. The minimum absolute atomic E-state index is 0.101. The third-order valence-corrected chi connectivity index (χ3v) is 6.43. The zero-order valence-corrected chi connectivity index (χ0v) is 12.8. The number of anilines is 1. The molecule has 1 heterocycles. The van der Waals surface area contributed by atoms with Crippen LogP contribution in [-0.4, -0.2) is 40.9 Å². The first kappa shape index (κ1) is 15.3. The highest BCUT2D eigenvalue weighted by Gasteiger charge is 2.27. The van der Waals surface area contributed by atoms with E-state index in [9.17, 15) is 16.8 Å². The first-order chi connectivity index (χ1) is 9.32. The van der Waals surface area contributed by atoms with Gasteiger partial charge in [-0.15, -0.1) is 0 Å². The molecule has 0 saturated carbocycles. The molecule has 0 amide bonds. The average Bonchev–Trinajstić information content (AvgIpc) is 2.69. The Bertz CT molecular complexity index is 666. The Kier molecular flexibility index (Phi) is 4.36. The molecule has 1 atom stereocenters. The van der Waals surface area contributed by atoms with E-state index in [-0.39, 0.29) is 22.4 Å². The maximum Gasteiger partial charge on any atom is 0.240 e. The molecule has 0 spiro atoms. The van der Waals surface area contributed by atoms with Crippen molar-refractivity contribution in [1.29, 1.82) is 0 Å². The minimum atomic E-state index is -3.45. The molecule has 8 heteroatoms. The molecule has 0 bridgehead atoms. The van der Waals surface area contributed by atoms with Crippen molar-refractivity contribution in [2.45, 2.75) is 24.3 Å². The van der Waals surface area contributed by atoms with Gasteiger partial charge in [-0.3, -0.25) is 0 Å². The number of sulfone groups is 1. The Hall–Kier alpha value is -1.12. The van der Waals surface area contributed by atoms with Crippen LogP contribution in [0.1, 0.15) is 13.3 Å². The normalized spacial score (nSPS) is 21.8. The number of hydrogen-bond donors (Lipinski definition) is 2. The number of rotatable bonds is 5. The zero-order valence-electron chi connectivity index (χ0n) is 11.2. The molecular weight excluding hydrogens is 300 g/mol. The molecule has 6 nitrogen and oxygen atoms in total. The summed E-state index contributed by atoms with van der Waals surface area (Å²) < 4.78 is 48.7. The Labute approximate surface area is 119 Å². The first-order valence-corrected chi connectivity index (χ1v) is 9.69. The molecule has 1 aromatic carbocycles. The smallest absolute Gasteiger partial charge is 0.240 e. The standard InChI is InChI=1S/C12H18N2O4S2/c1-2-13-20(17,18)12-5-3-10(4-6-12)14-11-7-8-19(15,16)9-11/h3-6,11,13-14H,2,7-9H2,1H3. The van der Waals surface area contributed by atoms with Crippen molar-refractivity contribution in [3.05, 3.63) is 24.3 Å². The average molecular weight is 318 g/mol. The largest absolute Gasteiger partial charge is 0.381 e. The molecule has 1 aliphatic heterocycles. The second-order valence-electron chi connectivity index (χ2n) is 4.77. The summed E-state index contributed by atoms with van der Waals surface area (Å²) in [6.07, 6.45) is 0.583. The lowest BCUT2D eigenvalue weighted by atomic mass is 10.2. The molecular formula is C12H18N2O4S2. The lowest BCUT2D eigenvalue weighted by Crippen LogP contribution is -2.23. The van der Waals surface area contributed by atoms with Crippen LogP contribution in [0.2, 0.25) is 0 Å². The lowest BCUT2D eigenvalue weighted by Gasteiger charge is -2.13. The van der Waals surface area contributed by atoms with Crippen LogP contribution in [0, 0.1) is 0 Å². The van der Waals surface area contributed by atoms with E-state index in [1.165, 1.54) is 12.1 Å². The summed E-state index contributed by atoms with van der Waals surface area (Å²) in [7, 11) is -6.37. The van der Waals surface area contributed by atoms with E-state index in [0.717, 1.165) is 5.69 Å². The van der Waals surface area contributed by atoms with E-state index in [1.807, 2.05) is 0 Å². The zero-order chi connectivity index (χ0) is 14.8. The van der Waals surface area contributed by atoms with Gasteiger partial charge in [0.2, 0.25) is 10.0 Å². The van der Waals surface area contributed by atoms with Gasteiger partial charge >= 0.3 is 0 Å². The predicted molar refractivity (Wildman–Crippen MR) is 78.0 cm³/mol. The molecule has 1 aromatic rings. The molecule has 1 fully saturated rings. The van der Waals surface area contributed by atoms with E-state index >= 15 is 0 Å². The quantitative estimate of drug-likeness (QED) is 0.828. The molecule has 0 aliphatic carbocycles. The van der Waals surface area contributed by atoms with Crippen LogP contribution in [0.15, 0.2) is 29.2 Å². The minimum Gasteiger partial charge on any atom is -0.381 e. The van der Waals surface area contributed by atoms with E-state index in [0.29, 0.717) is 13.0 Å². The monoisotopic (exact) mass is 318 g/mol. The summed E-state index contributed by atoms with van der Waals surface area (Å²) in [5.41, 5.74) is 0.725. The predicted octanol–water partition coefficient (Wildman–Crippen LogP) is 0.584. The van der Waals surface area contributed by atoms with Crippen molar-refractivity contribution in [3.8, 4) is 0 Å². The van der Waals surface area contributed by atoms with Gasteiger partial charge in [-0.1, -0.05) is 6.92 Å². The number of hydrogen-bond acceptors (Lipinski definition) is 5. The van der Waals surface area contributed by atoms with Gasteiger partial charge in [0.1, 0.15) is 0 Å². The molecule has 1 aliphatic rings. The Morgan fingerprint density at radius 3 is 2.40 bits per heavy atom. The van der Waals surface area contributed by atoms with Crippen LogP contribution < -0.4 is 10.0 Å². The molecule has 0 aromatic heterocycles. The van der Waals surface area contributed by atoms with Crippen molar-refractivity contribution in [2.75, 3.05) is 23.4 Å². The fourth-order valence-electron chi connectivity index (χ4n) is 2.15. The fraction of sp³-hybridized carbons (Fsp3) is 0.500. The van der Waals surface area contributed by atoms with Gasteiger partial charge in [0.25, 0.3) is 0 Å². The Morgan fingerprint density at radius 2 is 1.90 bits per heavy atom. The highest BCUT2D eigenvalue weighted by Crippen LogP contribution is 2.19. The summed E-state index contributed by atoms with van der Waals surface area (Å²) in [6.45, 7) is 2.05. The van der Waals surface area contributed by atoms with E-state index in [2.05, 4.69) is 10.0 Å². The van der Waals surface area contributed by atoms with Crippen molar-refractivity contribution >= 4 is 25.5 Å². The van der Waals surface area contributed by atoms with E-state index in [4.69, 9.17) is 0 Å². The van der Waals surface area contributed by atoms with Gasteiger partial charge in [0, 0.05) is 18.3 Å². The molecule has 20 heavy (non-hydrogen) atoms. The summed E-state index contributed by atoms with van der Waals surface area (Å²) in [5.74, 6) is 0.335. The highest BCUT2D eigenvalue weighted by molar-refractivity contribution is 7.91. The second-order valence-corrected chi connectivity index (χ2v) is 8.77. The molecule has 2 rings (SSSR count). The summed E-state index contributed by atoms with van der Waals surface area (Å²) in [4.78, 5) is 0.198. The summed E-state index contributed by atoms with van der Waals surface area (Å²) in [5, 5.41) is 3.11. The van der Waals surface area contributed by atoms with Crippen molar-refractivity contribution < 1.29 is 16.8 Å². The highest BCUT2D eigenvalue weighted by atomic mass is 32.2. The van der Waals surface area contributed by atoms with Crippen LogP contribution in [-0.2, 0) is 19.9 Å². The Balaban J connectivity index is 2.06. The third-order valence-electron chi connectivity index (χ3n) is 3.10. The van der Waals surface area contributed by atoms with Gasteiger partial charge in [-0.2, -0.15) is 0 Å². The van der Waals surface area contributed by atoms with E-state index in [1.54, 1.807) is 19.1 Å². The van der Waals surface area contributed by atoms with Gasteiger partial charge in [0.05, 0.1) is 16.4 Å². The van der Waals surface area contributed by atoms with Crippen LogP contribution in [0.25, 0.3) is 0 Å². The van der Waals surface area contributed by atoms with Gasteiger partial charge in [-0.25, -0.2) is 21.6 Å². The van der Waals surface area contributed by atoms with Crippen LogP contribution >= 0.6 is 0 Å². The molecule has 1 unspecified atom stereocenters. The fourth-order valence-corrected chi connectivity index (χ4v) is 4.86. The van der Waals surface area contributed by atoms with Crippen molar-refractivity contribution in [2.24, 2.45) is 0 Å². The topological polar surface area (TPSA) is 92.3 Å².